The lowest BCUT2D eigenvalue weighted by molar-refractivity contribution is -0.120. The molecule has 4 rings (SSSR count). The van der Waals surface area contributed by atoms with Crippen molar-refractivity contribution in [2.24, 2.45) is 10.3 Å². The van der Waals surface area contributed by atoms with E-state index in [9.17, 15) is 22.6 Å². The van der Waals surface area contributed by atoms with Gasteiger partial charge in [-0.1, -0.05) is 13.8 Å². The van der Waals surface area contributed by atoms with E-state index in [1.165, 1.54) is 24.5 Å². The average Bonchev–Trinajstić information content (AvgIpc) is 2.93. The number of halogens is 2. The number of amides is 2. The summed E-state index contributed by atoms with van der Waals surface area (Å²) in [4.78, 5) is 33.9. The van der Waals surface area contributed by atoms with Crippen molar-refractivity contribution in [3.8, 4) is 22.8 Å². The molecular weight excluding hydrogens is 620 g/mol. The molecule has 0 saturated carbocycles. The van der Waals surface area contributed by atoms with Gasteiger partial charge in [0.2, 0.25) is 5.95 Å². The van der Waals surface area contributed by atoms with Gasteiger partial charge in [0.25, 0.3) is 5.91 Å². The number of nitrogens with one attached hydrogen (secondary N) is 2. The summed E-state index contributed by atoms with van der Waals surface area (Å²) >= 11 is 0. The van der Waals surface area contributed by atoms with Crippen molar-refractivity contribution in [3.05, 3.63) is 59.8 Å². The molecule has 14 heteroatoms. The van der Waals surface area contributed by atoms with Gasteiger partial charge in [0.1, 0.15) is 34.7 Å². The minimum absolute atomic E-state index is 0.0368. The number of hydrogen-bond donors (Lipinski definition) is 2. The molecular formula is C32H39F2N5O6S. The van der Waals surface area contributed by atoms with E-state index in [0.29, 0.717) is 36.4 Å². The Bertz CT molecular complexity index is 1720. The summed E-state index contributed by atoms with van der Waals surface area (Å²) in [5.74, 6) is -1.83. The van der Waals surface area contributed by atoms with E-state index in [2.05, 4.69) is 25.0 Å². The highest BCUT2D eigenvalue weighted by molar-refractivity contribution is 7.92. The lowest BCUT2D eigenvalue weighted by atomic mass is 10.0. The number of anilines is 2. The lowest BCUT2D eigenvalue weighted by Gasteiger charge is -2.24. The molecule has 2 aromatic carbocycles. The number of carbonyl (C=O) groups is 2. The van der Waals surface area contributed by atoms with E-state index >= 15 is 0 Å². The summed E-state index contributed by atoms with van der Waals surface area (Å²) < 4.78 is 63.6. The van der Waals surface area contributed by atoms with Crippen LogP contribution < -0.4 is 20.1 Å². The Balaban J connectivity index is 1.64. The molecule has 46 heavy (non-hydrogen) atoms. The van der Waals surface area contributed by atoms with Crippen LogP contribution in [0.3, 0.4) is 0 Å². The number of nitrogens with zero attached hydrogens (tertiary/aromatic N) is 3. The van der Waals surface area contributed by atoms with Crippen LogP contribution in [0.5, 0.6) is 11.5 Å². The molecule has 1 aliphatic rings. The number of ether oxygens (including phenoxy) is 3. The highest BCUT2D eigenvalue weighted by Gasteiger charge is 2.28. The van der Waals surface area contributed by atoms with Crippen LogP contribution in [-0.4, -0.2) is 57.3 Å². The second kappa shape index (κ2) is 14.4. The van der Waals surface area contributed by atoms with E-state index in [-0.39, 0.29) is 41.2 Å². The zero-order chi connectivity index (χ0) is 33.6. The number of benzene rings is 2. The van der Waals surface area contributed by atoms with Crippen molar-refractivity contribution in [1.29, 1.82) is 0 Å². The molecule has 2 atom stereocenters. The first kappa shape index (κ1) is 34.5. The molecule has 0 aliphatic carbocycles. The van der Waals surface area contributed by atoms with Crippen LogP contribution in [0.4, 0.5) is 25.2 Å². The molecule has 3 aromatic rings. The fourth-order valence-electron chi connectivity index (χ4n) is 4.57. The maximum Gasteiger partial charge on any atom is 0.408 e. The fraction of sp³-hybridized carbons (Fsp3) is 0.438. The molecule has 0 fully saturated rings. The van der Waals surface area contributed by atoms with Crippen LogP contribution in [0.15, 0.2) is 47.0 Å². The number of aromatic nitrogens is 2. The van der Waals surface area contributed by atoms with Crippen LogP contribution in [0.1, 0.15) is 53.0 Å². The smallest absolute Gasteiger partial charge is 0.408 e. The number of rotatable bonds is 5. The van der Waals surface area contributed by atoms with E-state index in [1.807, 2.05) is 0 Å². The topological polar surface area (TPSA) is 141 Å². The summed E-state index contributed by atoms with van der Waals surface area (Å²) in [6.07, 6.45) is 2.74. The van der Waals surface area contributed by atoms with Gasteiger partial charge in [0.05, 0.1) is 34.9 Å². The van der Waals surface area contributed by atoms with Crippen molar-refractivity contribution >= 4 is 33.4 Å². The third-order valence-electron chi connectivity index (χ3n) is 6.55. The molecule has 1 aliphatic heterocycles. The maximum absolute atomic E-state index is 14.9. The van der Waals surface area contributed by atoms with Gasteiger partial charge in [0, 0.05) is 29.6 Å². The molecule has 11 nitrogen and oxygen atoms in total. The predicted molar refractivity (Wildman–Crippen MR) is 171 cm³/mol. The molecule has 0 radical (unpaired) electrons. The van der Waals surface area contributed by atoms with E-state index in [1.54, 1.807) is 52.8 Å². The standard InChI is InChI=1S/C32H39F2N5O6S/c1-19(2)27(38-31(41)45-32(3,4)5)29(40)39-46(6,42)18-20-13-22-16-23(14-20)43-11-7-8-12-44-26-15-21(33)9-10-24(26)28-25(34)17-35-30(36-22)37-28/h9-10,13-17,19,27H,7-8,11-12,18H2,1-6H3,(H,38,41)(H,35,36,37)/t27-,46-/m0/s1. The van der Waals surface area contributed by atoms with Crippen molar-refractivity contribution in [3.63, 3.8) is 0 Å². The van der Waals surface area contributed by atoms with Gasteiger partial charge in [-0.2, -0.15) is 4.36 Å². The van der Waals surface area contributed by atoms with Gasteiger partial charge >= 0.3 is 6.09 Å². The first-order valence-electron chi connectivity index (χ1n) is 14.8. The van der Waals surface area contributed by atoms with Crippen molar-refractivity contribution < 1.29 is 36.8 Å². The van der Waals surface area contributed by atoms with Gasteiger partial charge in [-0.05, 0) is 69.4 Å². The zero-order valence-corrected chi connectivity index (χ0v) is 27.5. The van der Waals surface area contributed by atoms with Gasteiger partial charge in [-0.15, -0.1) is 0 Å². The number of fused-ring (bicyclic) bond motifs is 6. The average molecular weight is 660 g/mol. The highest BCUT2D eigenvalue weighted by atomic mass is 32.2. The summed E-state index contributed by atoms with van der Waals surface area (Å²) in [6, 6.07) is 7.79. The number of carbonyl (C=O) groups excluding carboxylic acids is 2. The molecule has 2 heterocycles. The third kappa shape index (κ3) is 9.83. The van der Waals surface area contributed by atoms with Crippen molar-refractivity contribution in [2.45, 2.75) is 64.9 Å². The van der Waals surface area contributed by atoms with Crippen molar-refractivity contribution in [1.82, 2.24) is 15.3 Å². The SMILES string of the molecule is CC(C)[C@H](NC(=O)OC(C)(C)C)C(=O)N=[S@@](C)(=O)Cc1cc2cc(c1)OCCCCOc1cc(F)ccc1-c1nc(ncc1F)N2. The third-order valence-corrected chi connectivity index (χ3v) is 7.99. The predicted octanol–water partition coefficient (Wildman–Crippen LogP) is 6.39. The minimum atomic E-state index is -3.14. The molecule has 0 saturated heterocycles. The summed E-state index contributed by atoms with van der Waals surface area (Å²) in [7, 11) is -3.14. The Hall–Kier alpha value is -4.33. The fourth-order valence-corrected chi connectivity index (χ4v) is 5.91. The van der Waals surface area contributed by atoms with Gasteiger partial charge in [-0.25, -0.2) is 27.8 Å². The molecule has 2 N–H and O–H groups in total. The van der Waals surface area contributed by atoms with Crippen LogP contribution in [-0.2, 0) is 25.0 Å². The normalized spacial score (nSPS) is 15.3. The van der Waals surface area contributed by atoms with Crippen LogP contribution in [0.2, 0.25) is 0 Å². The molecule has 1 aromatic heterocycles. The van der Waals surface area contributed by atoms with E-state index < -0.39 is 45.0 Å². The minimum Gasteiger partial charge on any atom is -0.494 e. The van der Waals surface area contributed by atoms with Gasteiger partial charge in [0.15, 0.2) is 5.82 Å². The van der Waals surface area contributed by atoms with Crippen molar-refractivity contribution in [2.75, 3.05) is 24.8 Å². The Morgan fingerprint density at radius 3 is 2.52 bits per heavy atom. The largest absolute Gasteiger partial charge is 0.494 e. The monoisotopic (exact) mass is 659 g/mol. The number of hydrogen-bond acceptors (Lipinski definition) is 9. The number of alkyl carbamates (subject to hydrolysis) is 1. The lowest BCUT2D eigenvalue weighted by Crippen LogP contribution is -2.46. The molecule has 0 unspecified atom stereocenters. The van der Waals surface area contributed by atoms with Gasteiger partial charge in [-0.3, -0.25) is 4.79 Å². The summed E-state index contributed by atoms with van der Waals surface area (Å²) in [5, 5.41) is 5.56. The second-order valence-electron chi connectivity index (χ2n) is 12.3. The van der Waals surface area contributed by atoms with Crippen LogP contribution in [0, 0.1) is 17.6 Å². The van der Waals surface area contributed by atoms with E-state index in [0.717, 1.165) is 6.20 Å². The molecule has 0 spiro atoms. The zero-order valence-electron chi connectivity index (χ0n) is 26.7. The Morgan fingerprint density at radius 2 is 1.83 bits per heavy atom. The van der Waals surface area contributed by atoms with Crippen LogP contribution in [0.25, 0.3) is 11.3 Å². The van der Waals surface area contributed by atoms with E-state index in [4.69, 9.17) is 14.2 Å². The Morgan fingerprint density at radius 1 is 1.11 bits per heavy atom. The first-order valence-corrected chi connectivity index (χ1v) is 16.9. The Kier molecular flexibility index (Phi) is 10.8. The Labute approximate surface area is 267 Å². The summed E-state index contributed by atoms with van der Waals surface area (Å²) in [6.45, 7) is 9.13. The molecule has 4 bridgehead atoms. The molecule has 248 valence electrons. The second-order valence-corrected chi connectivity index (χ2v) is 14.7. The van der Waals surface area contributed by atoms with Gasteiger partial charge < -0.3 is 24.8 Å². The molecule has 2 amide bonds. The van der Waals surface area contributed by atoms with Crippen LogP contribution >= 0.6 is 0 Å². The highest BCUT2D eigenvalue weighted by Crippen LogP contribution is 2.33. The first-order chi connectivity index (χ1) is 21.6. The quantitative estimate of drug-likeness (QED) is 0.319. The maximum atomic E-state index is 14.9. The summed E-state index contributed by atoms with van der Waals surface area (Å²) in [5.41, 5.74) is 0.397.